The van der Waals surface area contributed by atoms with E-state index in [9.17, 15) is 28.6 Å². The fourth-order valence-corrected chi connectivity index (χ4v) is 3.71. The van der Waals surface area contributed by atoms with Gasteiger partial charge in [-0.3, -0.25) is 33.5 Å². The van der Waals surface area contributed by atoms with Crippen LogP contribution < -0.4 is 0 Å². The molecule has 9 nitrogen and oxygen atoms in total. The minimum Gasteiger partial charge on any atom is -0.322 e. The summed E-state index contributed by atoms with van der Waals surface area (Å²) in [5, 5.41) is 0. The van der Waals surface area contributed by atoms with Gasteiger partial charge in [-0.2, -0.15) is 0 Å². The van der Waals surface area contributed by atoms with Gasteiger partial charge in [-0.1, -0.05) is 0 Å². The second-order valence-electron chi connectivity index (χ2n) is 5.46. The minimum atomic E-state index is -4.06. The third kappa shape index (κ3) is 5.09. The van der Waals surface area contributed by atoms with Gasteiger partial charge in [0.05, 0.1) is 0 Å². The SMILES string of the molecule is O=C1C=CC(=O)N1CCCN(CCCN1C(=O)C=CC1=O)P(=O)(O)Cl. The molecule has 25 heavy (non-hydrogen) atoms. The molecule has 0 aromatic heterocycles. The van der Waals surface area contributed by atoms with Crippen LogP contribution in [0.1, 0.15) is 12.8 Å². The van der Waals surface area contributed by atoms with Gasteiger partial charge < -0.3 is 4.89 Å². The van der Waals surface area contributed by atoms with E-state index in [2.05, 4.69) is 0 Å². The highest BCUT2D eigenvalue weighted by Crippen LogP contribution is 2.50. The molecular weight excluding hydrogens is 373 g/mol. The highest BCUT2D eigenvalue weighted by Gasteiger charge is 2.28. The Labute approximate surface area is 148 Å². The Bertz CT molecular complexity index is 617. The standard InChI is InChI=1S/C14H17ClN3O6P/c15-25(23,24)16(7-1-9-17-11(19)3-4-12(17)20)8-2-10-18-13(21)5-6-14(18)22/h3-6H,1-2,7-10H2,(H,23,24). The molecule has 0 aliphatic carbocycles. The number of hydrogen-bond donors (Lipinski definition) is 1. The summed E-state index contributed by atoms with van der Waals surface area (Å²) >= 11 is 5.52. The number of imide groups is 2. The highest BCUT2D eigenvalue weighted by molar-refractivity contribution is 7.82. The van der Waals surface area contributed by atoms with Crippen LogP contribution in [0.2, 0.25) is 0 Å². The average Bonchev–Trinajstić information content (AvgIpc) is 3.01. The maximum Gasteiger partial charge on any atom is 0.360 e. The molecule has 2 aliphatic rings. The van der Waals surface area contributed by atoms with Crippen molar-refractivity contribution in [2.45, 2.75) is 12.8 Å². The monoisotopic (exact) mass is 389 g/mol. The molecule has 0 bridgehead atoms. The quantitative estimate of drug-likeness (QED) is 0.444. The van der Waals surface area contributed by atoms with Crippen molar-refractivity contribution < 1.29 is 28.6 Å². The Hall–Kier alpha value is -1.80. The van der Waals surface area contributed by atoms with Crippen molar-refractivity contribution in [2.75, 3.05) is 26.2 Å². The maximum absolute atomic E-state index is 11.8. The second-order valence-corrected chi connectivity index (χ2v) is 8.29. The van der Waals surface area contributed by atoms with E-state index in [1.807, 2.05) is 0 Å². The van der Waals surface area contributed by atoms with Crippen molar-refractivity contribution in [3.8, 4) is 0 Å². The lowest BCUT2D eigenvalue weighted by molar-refractivity contribution is -0.138. The summed E-state index contributed by atoms with van der Waals surface area (Å²) in [6.07, 6.45) is 5.18. The van der Waals surface area contributed by atoms with Crippen molar-refractivity contribution in [2.24, 2.45) is 0 Å². The number of carbonyl (C=O) groups excluding carboxylic acids is 4. The van der Waals surface area contributed by atoms with Crippen LogP contribution in [0.25, 0.3) is 0 Å². The van der Waals surface area contributed by atoms with E-state index >= 15 is 0 Å². The third-order valence-electron chi connectivity index (χ3n) is 3.75. The molecule has 11 heteroatoms. The number of nitrogens with zero attached hydrogens (tertiary/aromatic N) is 3. The summed E-state index contributed by atoms with van der Waals surface area (Å²) in [6, 6.07) is 0. The number of rotatable bonds is 9. The van der Waals surface area contributed by atoms with E-state index in [4.69, 9.17) is 11.2 Å². The first-order valence-corrected chi connectivity index (χ1v) is 10.1. The van der Waals surface area contributed by atoms with Gasteiger partial charge in [-0.05, 0) is 24.1 Å². The molecule has 2 heterocycles. The van der Waals surface area contributed by atoms with Gasteiger partial charge in [0.15, 0.2) is 0 Å². The van der Waals surface area contributed by atoms with E-state index in [0.29, 0.717) is 0 Å². The zero-order valence-corrected chi connectivity index (χ0v) is 14.9. The molecule has 4 amide bonds. The predicted octanol–water partition coefficient (Wildman–Crippen LogP) is 0.258. The van der Waals surface area contributed by atoms with Crippen molar-refractivity contribution in [1.82, 2.24) is 14.5 Å². The Morgan fingerprint density at radius 2 is 1.16 bits per heavy atom. The normalized spacial score (nSPS) is 19.6. The topological polar surface area (TPSA) is 115 Å². The van der Waals surface area contributed by atoms with E-state index in [-0.39, 0.29) is 39.0 Å². The van der Waals surface area contributed by atoms with Crippen LogP contribution in [0.3, 0.4) is 0 Å². The summed E-state index contributed by atoms with van der Waals surface area (Å²) < 4.78 is 12.9. The lowest BCUT2D eigenvalue weighted by Gasteiger charge is -2.24. The first-order chi connectivity index (χ1) is 11.7. The first kappa shape index (κ1) is 19.5. The van der Waals surface area contributed by atoms with Gasteiger partial charge in [0.1, 0.15) is 0 Å². The number of hydrogen-bond acceptors (Lipinski definition) is 5. The summed E-state index contributed by atoms with van der Waals surface area (Å²) in [6.45, 7) is -3.70. The Balaban J connectivity index is 1.80. The molecule has 1 N–H and O–H groups in total. The van der Waals surface area contributed by atoms with Crippen LogP contribution in [0.5, 0.6) is 0 Å². The van der Waals surface area contributed by atoms with Gasteiger partial charge in [0, 0.05) is 50.5 Å². The molecule has 2 rings (SSSR count). The largest absolute Gasteiger partial charge is 0.360 e. The molecule has 0 aromatic rings. The molecule has 0 saturated carbocycles. The molecule has 0 radical (unpaired) electrons. The summed E-state index contributed by atoms with van der Waals surface area (Å²) in [4.78, 5) is 57.4. The molecular formula is C14H17ClN3O6P. The molecule has 2 aliphatic heterocycles. The van der Waals surface area contributed by atoms with Crippen molar-refractivity contribution in [1.29, 1.82) is 0 Å². The van der Waals surface area contributed by atoms with Gasteiger partial charge in [-0.15, -0.1) is 0 Å². The van der Waals surface area contributed by atoms with Crippen LogP contribution >= 0.6 is 18.1 Å². The van der Waals surface area contributed by atoms with Gasteiger partial charge >= 0.3 is 6.87 Å². The molecule has 0 saturated heterocycles. The number of halogens is 1. The van der Waals surface area contributed by atoms with Gasteiger partial charge in [-0.25, -0.2) is 4.67 Å². The van der Waals surface area contributed by atoms with E-state index in [0.717, 1.165) is 38.8 Å². The van der Waals surface area contributed by atoms with Crippen LogP contribution in [0.15, 0.2) is 24.3 Å². The smallest absolute Gasteiger partial charge is 0.322 e. The van der Waals surface area contributed by atoms with Crippen LogP contribution in [0, 0.1) is 0 Å². The molecule has 136 valence electrons. The average molecular weight is 390 g/mol. The molecule has 0 aromatic carbocycles. The minimum absolute atomic E-state index is 0.0779. The Kier molecular flexibility index (Phi) is 6.29. The number of amides is 4. The van der Waals surface area contributed by atoms with Gasteiger partial charge in [0.25, 0.3) is 23.6 Å². The Morgan fingerprint density at radius 3 is 1.44 bits per heavy atom. The highest BCUT2D eigenvalue weighted by atomic mass is 35.7. The molecule has 1 unspecified atom stereocenters. The summed E-state index contributed by atoms with van der Waals surface area (Å²) in [5.74, 6) is -1.69. The van der Waals surface area contributed by atoms with Crippen molar-refractivity contribution in [3.05, 3.63) is 24.3 Å². The van der Waals surface area contributed by atoms with E-state index < -0.39 is 30.5 Å². The third-order valence-corrected chi connectivity index (χ3v) is 5.49. The van der Waals surface area contributed by atoms with Crippen LogP contribution in [-0.2, 0) is 23.7 Å². The molecule has 1 atom stereocenters. The number of carbonyl (C=O) groups is 4. The van der Waals surface area contributed by atoms with E-state index in [1.165, 1.54) is 0 Å². The fourth-order valence-electron chi connectivity index (χ4n) is 2.48. The van der Waals surface area contributed by atoms with Crippen molar-refractivity contribution >= 4 is 41.7 Å². The summed E-state index contributed by atoms with van der Waals surface area (Å²) in [5.41, 5.74) is 0. The molecule has 0 spiro atoms. The lowest BCUT2D eigenvalue weighted by Crippen LogP contribution is -2.34. The zero-order chi connectivity index (χ0) is 18.6. The summed E-state index contributed by atoms with van der Waals surface area (Å²) in [7, 11) is 0. The predicted molar refractivity (Wildman–Crippen MR) is 88.2 cm³/mol. The van der Waals surface area contributed by atoms with E-state index in [1.54, 1.807) is 0 Å². The van der Waals surface area contributed by atoms with Gasteiger partial charge in [0.2, 0.25) is 0 Å². The zero-order valence-electron chi connectivity index (χ0n) is 13.2. The van der Waals surface area contributed by atoms with Crippen LogP contribution in [0.4, 0.5) is 0 Å². The second kappa shape index (κ2) is 8.05. The van der Waals surface area contributed by atoms with Crippen LogP contribution in [-0.4, -0.2) is 69.2 Å². The first-order valence-electron chi connectivity index (χ1n) is 7.55. The molecule has 0 fully saturated rings. The van der Waals surface area contributed by atoms with Crippen molar-refractivity contribution in [3.63, 3.8) is 0 Å². The fraction of sp³-hybridized carbons (Fsp3) is 0.429. The Morgan fingerprint density at radius 1 is 0.840 bits per heavy atom. The lowest BCUT2D eigenvalue weighted by atomic mass is 10.3. The maximum atomic E-state index is 11.8.